The molecule has 0 saturated heterocycles. The molecule has 0 bridgehead atoms. The topological polar surface area (TPSA) is 42.0 Å². The van der Waals surface area contributed by atoms with Crippen LogP contribution in [0.4, 0.5) is 4.39 Å². The van der Waals surface area contributed by atoms with Gasteiger partial charge in [-0.15, -0.1) is 11.3 Å². The molecule has 0 aliphatic rings. The van der Waals surface area contributed by atoms with Crippen molar-refractivity contribution in [2.45, 2.75) is 13.0 Å². The van der Waals surface area contributed by atoms with E-state index < -0.39 is 0 Å². The summed E-state index contributed by atoms with van der Waals surface area (Å²) in [5.74, 6) is -0.377. The molecule has 0 radical (unpaired) electrons. The van der Waals surface area contributed by atoms with Crippen molar-refractivity contribution in [3.63, 3.8) is 0 Å². The number of carbonyl (C=O) groups excluding carboxylic acids is 1. The van der Waals surface area contributed by atoms with Gasteiger partial charge in [0.2, 0.25) is 5.91 Å². The molecule has 0 atom stereocenters. The Balaban J connectivity index is 1.57. The monoisotopic (exact) mass is 360 g/mol. The number of rotatable bonds is 5. The highest BCUT2D eigenvalue weighted by Gasteiger charge is 2.09. The molecule has 0 aliphatic carbocycles. The van der Waals surface area contributed by atoms with Crippen molar-refractivity contribution >= 4 is 28.8 Å². The molecule has 1 amide bonds. The lowest BCUT2D eigenvalue weighted by Gasteiger charge is -2.04. The van der Waals surface area contributed by atoms with Gasteiger partial charge in [-0.1, -0.05) is 23.7 Å². The summed E-state index contributed by atoms with van der Waals surface area (Å²) >= 11 is 7.27. The normalized spacial score (nSPS) is 10.6. The summed E-state index contributed by atoms with van der Waals surface area (Å²) in [7, 11) is 0. The van der Waals surface area contributed by atoms with Crippen LogP contribution in [0.3, 0.4) is 0 Å². The third kappa shape index (κ3) is 4.40. The number of halogens is 2. The predicted molar refractivity (Wildman–Crippen MR) is 94.5 cm³/mol. The summed E-state index contributed by atoms with van der Waals surface area (Å²) < 4.78 is 12.9. The molecule has 0 unspecified atom stereocenters. The first kappa shape index (κ1) is 16.6. The van der Waals surface area contributed by atoms with Crippen molar-refractivity contribution in [2.75, 3.05) is 0 Å². The number of carbonyl (C=O) groups is 1. The van der Waals surface area contributed by atoms with E-state index in [4.69, 9.17) is 11.6 Å². The summed E-state index contributed by atoms with van der Waals surface area (Å²) in [5.41, 5.74) is 2.53. The average molecular weight is 361 g/mol. The van der Waals surface area contributed by atoms with Crippen molar-refractivity contribution in [2.24, 2.45) is 0 Å². The Morgan fingerprint density at radius 3 is 2.54 bits per heavy atom. The number of amides is 1. The molecule has 0 aliphatic heterocycles. The van der Waals surface area contributed by atoms with Gasteiger partial charge < -0.3 is 5.32 Å². The molecule has 24 heavy (non-hydrogen) atoms. The second-order valence-electron chi connectivity index (χ2n) is 5.23. The number of thiazole rings is 1. The van der Waals surface area contributed by atoms with E-state index in [2.05, 4.69) is 10.3 Å². The number of nitrogens with zero attached hydrogens (tertiary/aromatic N) is 1. The van der Waals surface area contributed by atoms with Crippen LogP contribution < -0.4 is 5.32 Å². The molecule has 0 fully saturated rings. The lowest BCUT2D eigenvalue weighted by Crippen LogP contribution is -2.24. The first-order valence-electron chi connectivity index (χ1n) is 7.31. The van der Waals surface area contributed by atoms with Crippen LogP contribution in [-0.4, -0.2) is 10.9 Å². The Hall–Kier alpha value is -2.24. The van der Waals surface area contributed by atoms with Crippen LogP contribution in [0.5, 0.6) is 0 Å². The maximum absolute atomic E-state index is 12.9. The summed E-state index contributed by atoms with van der Waals surface area (Å²) in [6, 6.07) is 13.5. The second-order valence-corrected chi connectivity index (χ2v) is 6.53. The number of hydrogen-bond acceptors (Lipinski definition) is 3. The van der Waals surface area contributed by atoms with Crippen LogP contribution in [0.15, 0.2) is 53.9 Å². The fourth-order valence-corrected chi connectivity index (χ4v) is 3.09. The van der Waals surface area contributed by atoms with E-state index in [1.807, 2.05) is 17.5 Å². The van der Waals surface area contributed by atoms with Crippen LogP contribution in [0.1, 0.15) is 11.3 Å². The van der Waals surface area contributed by atoms with Crippen molar-refractivity contribution in [3.05, 3.63) is 76.0 Å². The highest BCUT2D eigenvalue weighted by molar-refractivity contribution is 7.13. The van der Waals surface area contributed by atoms with Gasteiger partial charge in [-0.25, -0.2) is 9.37 Å². The second kappa shape index (κ2) is 7.55. The van der Waals surface area contributed by atoms with Crippen molar-refractivity contribution in [1.82, 2.24) is 10.3 Å². The molecule has 1 heterocycles. The van der Waals surface area contributed by atoms with Crippen molar-refractivity contribution < 1.29 is 9.18 Å². The minimum atomic E-state index is -0.280. The molecule has 0 spiro atoms. The van der Waals surface area contributed by atoms with E-state index in [1.54, 1.807) is 24.3 Å². The van der Waals surface area contributed by atoms with E-state index >= 15 is 0 Å². The fourth-order valence-electron chi connectivity index (χ4n) is 2.14. The highest BCUT2D eigenvalue weighted by atomic mass is 35.5. The molecule has 0 saturated carbocycles. The molecular weight excluding hydrogens is 347 g/mol. The summed E-state index contributed by atoms with van der Waals surface area (Å²) in [6.45, 7) is 0.449. The number of aromatic nitrogens is 1. The van der Waals surface area contributed by atoms with Gasteiger partial charge in [-0.3, -0.25) is 4.79 Å². The quantitative estimate of drug-likeness (QED) is 0.729. The zero-order valence-electron chi connectivity index (χ0n) is 12.6. The third-order valence-corrected chi connectivity index (χ3v) is 4.58. The summed E-state index contributed by atoms with van der Waals surface area (Å²) in [5, 5.41) is 6.15. The van der Waals surface area contributed by atoms with Crippen LogP contribution in [-0.2, 0) is 17.8 Å². The molecule has 2 aromatic carbocycles. The lowest BCUT2D eigenvalue weighted by atomic mass is 10.2. The first-order chi connectivity index (χ1) is 11.6. The van der Waals surface area contributed by atoms with Gasteiger partial charge in [0.15, 0.2) is 0 Å². The van der Waals surface area contributed by atoms with Crippen LogP contribution in [0, 0.1) is 5.82 Å². The highest BCUT2D eigenvalue weighted by Crippen LogP contribution is 2.24. The molecular formula is C18H14ClFN2OS. The zero-order valence-corrected chi connectivity index (χ0v) is 14.2. The Kier molecular flexibility index (Phi) is 5.23. The molecule has 3 nitrogen and oxygen atoms in total. The van der Waals surface area contributed by atoms with E-state index in [0.29, 0.717) is 17.3 Å². The van der Waals surface area contributed by atoms with Gasteiger partial charge in [0.1, 0.15) is 10.8 Å². The molecule has 1 N–H and O–H groups in total. The van der Waals surface area contributed by atoms with Crippen LogP contribution in [0.25, 0.3) is 10.6 Å². The van der Waals surface area contributed by atoms with Gasteiger partial charge in [-0.05, 0) is 42.0 Å². The Morgan fingerprint density at radius 2 is 1.83 bits per heavy atom. The summed E-state index contributed by atoms with van der Waals surface area (Å²) in [6.07, 6.45) is 0.214. The molecule has 3 rings (SSSR count). The first-order valence-corrected chi connectivity index (χ1v) is 8.57. The number of nitrogens with one attached hydrogen (secondary N) is 1. The van der Waals surface area contributed by atoms with Gasteiger partial charge in [0.25, 0.3) is 0 Å². The van der Waals surface area contributed by atoms with Crippen LogP contribution >= 0.6 is 22.9 Å². The van der Waals surface area contributed by atoms with Gasteiger partial charge in [0, 0.05) is 22.5 Å². The zero-order chi connectivity index (χ0) is 16.9. The molecule has 6 heteroatoms. The van der Waals surface area contributed by atoms with E-state index in [0.717, 1.165) is 16.1 Å². The van der Waals surface area contributed by atoms with E-state index in [-0.39, 0.29) is 18.1 Å². The largest absolute Gasteiger partial charge is 0.352 e. The SMILES string of the molecule is O=C(Cc1csc(-c2ccc(F)cc2)n1)NCc1ccc(Cl)cc1. The third-order valence-electron chi connectivity index (χ3n) is 3.39. The molecule has 3 aromatic rings. The smallest absolute Gasteiger partial charge is 0.226 e. The maximum atomic E-state index is 12.9. The lowest BCUT2D eigenvalue weighted by molar-refractivity contribution is -0.120. The van der Waals surface area contributed by atoms with Crippen molar-refractivity contribution in [1.29, 1.82) is 0 Å². The van der Waals surface area contributed by atoms with Gasteiger partial charge >= 0.3 is 0 Å². The Morgan fingerprint density at radius 1 is 1.12 bits per heavy atom. The molecule has 122 valence electrons. The predicted octanol–water partition coefficient (Wildman–Crippen LogP) is 4.46. The average Bonchev–Trinajstić information content (AvgIpc) is 3.03. The van der Waals surface area contributed by atoms with Crippen molar-refractivity contribution in [3.8, 4) is 10.6 Å². The van der Waals surface area contributed by atoms with Gasteiger partial charge in [0.05, 0.1) is 12.1 Å². The van der Waals surface area contributed by atoms with Crippen LogP contribution in [0.2, 0.25) is 5.02 Å². The number of benzene rings is 2. The summed E-state index contributed by atoms with van der Waals surface area (Å²) in [4.78, 5) is 16.5. The minimum Gasteiger partial charge on any atom is -0.352 e. The maximum Gasteiger partial charge on any atom is 0.226 e. The van der Waals surface area contributed by atoms with E-state index in [9.17, 15) is 9.18 Å². The van der Waals surface area contributed by atoms with E-state index in [1.165, 1.54) is 23.5 Å². The van der Waals surface area contributed by atoms with Gasteiger partial charge in [-0.2, -0.15) is 0 Å². The number of hydrogen-bond donors (Lipinski definition) is 1. The Labute approximate surface area is 148 Å². The molecule has 1 aromatic heterocycles. The fraction of sp³-hybridized carbons (Fsp3) is 0.111. The standard InChI is InChI=1S/C18H14ClFN2OS/c19-14-5-1-12(2-6-14)10-21-17(23)9-16-11-24-18(22-16)13-3-7-15(20)8-4-13/h1-8,11H,9-10H2,(H,21,23). The minimum absolute atomic E-state index is 0.0964. The Bertz CT molecular complexity index is 831.